The van der Waals surface area contributed by atoms with E-state index >= 15 is 0 Å². The van der Waals surface area contributed by atoms with Gasteiger partial charge in [-0.05, 0) is 18.9 Å². The van der Waals surface area contributed by atoms with E-state index in [0.717, 1.165) is 17.8 Å². The number of hydrogen-bond acceptors (Lipinski definition) is 3. The van der Waals surface area contributed by atoms with E-state index in [1.54, 1.807) is 0 Å². The summed E-state index contributed by atoms with van der Waals surface area (Å²) in [7, 11) is 0. The molecule has 1 heterocycles. The minimum Gasteiger partial charge on any atom is -0.321 e. The van der Waals surface area contributed by atoms with Crippen LogP contribution in [0.1, 0.15) is 23.0 Å². The van der Waals surface area contributed by atoms with E-state index in [-0.39, 0.29) is 6.04 Å². The standard InChI is InChI=1S/C17H18N4/c1-12-7-9-14(10-8-12)16-19-17(21-20-16)15(18)11-13-5-3-2-4-6-13/h2-10,15H,11,18H2,1H3,(H,19,20,21)/t15-/m0/s1. The topological polar surface area (TPSA) is 67.6 Å². The predicted octanol–water partition coefficient (Wildman–Crippen LogP) is 3.02. The lowest BCUT2D eigenvalue weighted by molar-refractivity contribution is 0.671. The van der Waals surface area contributed by atoms with Crippen molar-refractivity contribution in [2.45, 2.75) is 19.4 Å². The maximum atomic E-state index is 6.21. The zero-order chi connectivity index (χ0) is 14.7. The van der Waals surface area contributed by atoms with E-state index in [1.165, 1.54) is 11.1 Å². The summed E-state index contributed by atoms with van der Waals surface area (Å²) in [4.78, 5) is 4.51. The monoisotopic (exact) mass is 278 g/mol. The molecule has 3 rings (SSSR count). The van der Waals surface area contributed by atoms with Crippen molar-refractivity contribution in [1.29, 1.82) is 0 Å². The number of benzene rings is 2. The van der Waals surface area contributed by atoms with E-state index < -0.39 is 0 Å². The van der Waals surface area contributed by atoms with Gasteiger partial charge in [0.25, 0.3) is 0 Å². The molecule has 0 aliphatic heterocycles. The maximum absolute atomic E-state index is 6.21. The van der Waals surface area contributed by atoms with Crippen LogP contribution in [0.2, 0.25) is 0 Å². The molecule has 0 aliphatic carbocycles. The highest BCUT2D eigenvalue weighted by atomic mass is 15.2. The van der Waals surface area contributed by atoms with Crippen molar-refractivity contribution in [3.05, 3.63) is 71.5 Å². The highest BCUT2D eigenvalue weighted by molar-refractivity contribution is 5.54. The van der Waals surface area contributed by atoms with Crippen molar-refractivity contribution in [3.8, 4) is 11.4 Å². The summed E-state index contributed by atoms with van der Waals surface area (Å²) in [5.41, 5.74) is 9.61. The Labute approximate surface area is 124 Å². The Balaban J connectivity index is 1.76. The molecule has 1 atom stereocenters. The number of nitrogens with two attached hydrogens (primary N) is 1. The Hall–Kier alpha value is -2.46. The smallest absolute Gasteiger partial charge is 0.181 e. The van der Waals surface area contributed by atoms with Crippen molar-refractivity contribution < 1.29 is 0 Å². The second-order valence-corrected chi connectivity index (χ2v) is 5.21. The fraction of sp³-hybridized carbons (Fsp3) is 0.176. The van der Waals surface area contributed by atoms with Crippen LogP contribution in [-0.2, 0) is 6.42 Å². The Morgan fingerprint density at radius 2 is 1.76 bits per heavy atom. The van der Waals surface area contributed by atoms with Gasteiger partial charge in [-0.15, -0.1) is 0 Å². The van der Waals surface area contributed by atoms with Crippen LogP contribution in [0.25, 0.3) is 11.4 Å². The third kappa shape index (κ3) is 3.17. The van der Waals surface area contributed by atoms with Crippen molar-refractivity contribution >= 4 is 0 Å². The van der Waals surface area contributed by atoms with Crippen molar-refractivity contribution in [1.82, 2.24) is 15.2 Å². The molecule has 0 saturated carbocycles. The van der Waals surface area contributed by atoms with Crippen LogP contribution in [-0.4, -0.2) is 15.2 Å². The van der Waals surface area contributed by atoms with E-state index in [1.807, 2.05) is 30.3 Å². The van der Waals surface area contributed by atoms with Crippen LogP contribution in [0.4, 0.5) is 0 Å². The number of aromatic amines is 1. The van der Waals surface area contributed by atoms with E-state index in [9.17, 15) is 0 Å². The number of aryl methyl sites for hydroxylation is 1. The van der Waals surface area contributed by atoms with Gasteiger partial charge in [0, 0.05) is 5.56 Å². The Bertz CT molecular complexity index is 701. The Morgan fingerprint density at radius 1 is 1.05 bits per heavy atom. The zero-order valence-electron chi connectivity index (χ0n) is 12.0. The molecule has 1 aromatic heterocycles. The van der Waals surface area contributed by atoms with Gasteiger partial charge in [-0.3, -0.25) is 5.10 Å². The quantitative estimate of drug-likeness (QED) is 0.771. The van der Waals surface area contributed by atoms with Gasteiger partial charge in [0.1, 0.15) is 5.82 Å². The van der Waals surface area contributed by atoms with Gasteiger partial charge in [0.2, 0.25) is 0 Å². The highest BCUT2D eigenvalue weighted by Crippen LogP contribution is 2.18. The first-order valence-corrected chi connectivity index (χ1v) is 7.01. The lowest BCUT2D eigenvalue weighted by Crippen LogP contribution is -2.15. The first kappa shape index (κ1) is 13.5. The molecule has 4 heteroatoms. The molecule has 0 radical (unpaired) electrons. The summed E-state index contributed by atoms with van der Waals surface area (Å²) in [6.45, 7) is 2.06. The predicted molar refractivity (Wildman–Crippen MR) is 83.6 cm³/mol. The second kappa shape index (κ2) is 5.89. The SMILES string of the molecule is Cc1ccc(-c2n[nH]c([C@@H](N)Cc3ccccc3)n2)cc1. The minimum atomic E-state index is -0.181. The molecule has 0 unspecified atom stereocenters. The summed E-state index contributed by atoms with van der Waals surface area (Å²) >= 11 is 0. The fourth-order valence-corrected chi connectivity index (χ4v) is 2.24. The number of rotatable bonds is 4. The minimum absolute atomic E-state index is 0.181. The highest BCUT2D eigenvalue weighted by Gasteiger charge is 2.13. The Kier molecular flexibility index (Phi) is 3.79. The molecular weight excluding hydrogens is 260 g/mol. The van der Waals surface area contributed by atoms with Gasteiger partial charge in [0.15, 0.2) is 5.82 Å². The van der Waals surface area contributed by atoms with Crippen LogP contribution >= 0.6 is 0 Å². The van der Waals surface area contributed by atoms with Gasteiger partial charge in [-0.2, -0.15) is 5.10 Å². The summed E-state index contributed by atoms with van der Waals surface area (Å²) in [5, 5.41) is 7.22. The van der Waals surface area contributed by atoms with Gasteiger partial charge in [-0.25, -0.2) is 4.98 Å². The van der Waals surface area contributed by atoms with Crippen LogP contribution in [0.3, 0.4) is 0 Å². The third-order valence-corrected chi connectivity index (χ3v) is 3.46. The summed E-state index contributed by atoms with van der Waals surface area (Å²) in [6, 6.07) is 18.1. The van der Waals surface area contributed by atoms with Crippen molar-refractivity contribution in [2.75, 3.05) is 0 Å². The molecule has 0 fully saturated rings. The molecular formula is C17H18N4. The second-order valence-electron chi connectivity index (χ2n) is 5.21. The van der Waals surface area contributed by atoms with Gasteiger partial charge < -0.3 is 5.73 Å². The molecule has 0 bridgehead atoms. The van der Waals surface area contributed by atoms with Crippen LogP contribution in [0, 0.1) is 6.92 Å². The molecule has 0 saturated heterocycles. The van der Waals surface area contributed by atoms with Crippen molar-refractivity contribution in [3.63, 3.8) is 0 Å². The molecule has 106 valence electrons. The maximum Gasteiger partial charge on any atom is 0.181 e. The van der Waals surface area contributed by atoms with Gasteiger partial charge in [0.05, 0.1) is 6.04 Å². The summed E-state index contributed by atoms with van der Waals surface area (Å²) < 4.78 is 0. The first-order valence-electron chi connectivity index (χ1n) is 7.01. The first-order chi connectivity index (χ1) is 10.2. The van der Waals surface area contributed by atoms with E-state index in [4.69, 9.17) is 5.73 Å². The molecule has 4 nitrogen and oxygen atoms in total. The largest absolute Gasteiger partial charge is 0.321 e. The van der Waals surface area contributed by atoms with Crippen LogP contribution in [0.15, 0.2) is 54.6 Å². The fourth-order valence-electron chi connectivity index (χ4n) is 2.24. The number of nitrogens with zero attached hydrogens (tertiary/aromatic N) is 2. The average molecular weight is 278 g/mol. The molecule has 0 amide bonds. The van der Waals surface area contributed by atoms with Gasteiger partial charge in [-0.1, -0.05) is 60.2 Å². The lowest BCUT2D eigenvalue weighted by atomic mass is 10.1. The summed E-state index contributed by atoms with van der Waals surface area (Å²) in [5.74, 6) is 1.41. The Morgan fingerprint density at radius 3 is 2.48 bits per heavy atom. The van der Waals surface area contributed by atoms with E-state index in [2.05, 4.69) is 46.4 Å². The molecule has 3 aromatic rings. The van der Waals surface area contributed by atoms with Crippen LogP contribution in [0.5, 0.6) is 0 Å². The van der Waals surface area contributed by atoms with Crippen molar-refractivity contribution in [2.24, 2.45) is 5.73 Å². The number of nitrogens with one attached hydrogen (secondary N) is 1. The lowest BCUT2D eigenvalue weighted by Gasteiger charge is -2.07. The molecule has 3 N–H and O–H groups in total. The zero-order valence-corrected chi connectivity index (χ0v) is 12.0. The number of hydrogen-bond donors (Lipinski definition) is 2. The summed E-state index contributed by atoms with van der Waals surface area (Å²) in [6.07, 6.45) is 0.739. The molecule has 0 spiro atoms. The number of aromatic nitrogens is 3. The number of H-pyrrole nitrogens is 1. The third-order valence-electron chi connectivity index (χ3n) is 3.46. The molecule has 2 aromatic carbocycles. The van der Waals surface area contributed by atoms with Gasteiger partial charge >= 0.3 is 0 Å². The van der Waals surface area contributed by atoms with Crippen LogP contribution < -0.4 is 5.73 Å². The molecule has 21 heavy (non-hydrogen) atoms. The normalized spacial score (nSPS) is 12.3. The molecule has 0 aliphatic rings. The average Bonchev–Trinajstić information content (AvgIpc) is 2.99. The van der Waals surface area contributed by atoms with E-state index in [0.29, 0.717) is 5.82 Å².